The highest BCUT2D eigenvalue weighted by atomic mass is 35.5. The number of aliphatic hydroxyl groups is 1. The van der Waals surface area contributed by atoms with Crippen molar-refractivity contribution < 1.29 is 24.3 Å². The van der Waals surface area contributed by atoms with Crippen molar-refractivity contribution in [3.63, 3.8) is 0 Å². The molecule has 0 amide bonds. The van der Waals surface area contributed by atoms with Gasteiger partial charge in [-0.3, -0.25) is 4.79 Å². The standard InChI is InChI=1S/C23H26ClN3O4.C3H8O/c1-14(2)30-19-10-7-16(13-18(19)24)21-26-22(31-27-21)15-5-8-17(9-6-15)23(3,4)25-12-11-20(28)29;1-3(2)4/h5-10,13-14,25H,11-12H2,1-4H3,(H,28,29);3-4H,1-2H3. The number of nitrogens with zero attached hydrogens (tertiary/aromatic N) is 2. The molecule has 0 aliphatic rings. The molecule has 0 saturated heterocycles. The van der Waals surface area contributed by atoms with Crippen LogP contribution in [0.15, 0.2) is 47.0 Å². The van der Waals surface area contributed by atoms with E-state index >= 15 is 0 Å². The van der Waals surface area contributed by atoms with Crippen LogP contribution in [0.5, 0.6) is 5.75 Å². The minimum Gasteiger partial charge on any atom is -0.489 e. The molecule has 3 rings (SSSR count). The Kier molecular flexibility index (Phi) is 10.2. The number of ether oxygens (including phenoxy) is 1. The molecule has 0 aliphatic carbocycles. The van der Waals surface area contributed by atoms with Crippen LogP contribution in [-0.2, 0) is 10.3 Å². The first kappa shape index (κ1) is 28.3. The Balaban J connectivity index is 0.00000100. The summed E-state index contributed by atoms with van der Waals surface area (Å²) in [5, 5.41) is 24.7. The number of aromatic nitrogens is 2. The topological polar surface area (TPSA) is 118 Å². The lowest BCUT2D eigenvalue weighted by Gasteiger charge is -2.27. The number of hydrogen-bond donors (Lipinski definition) is 3. The number of benzene rings is 2. The van der Waals surface area contributed by atoms with Gasteiger partial charge in [0.05, 0.1) is 17.5 Å². The zero-order valence-electron chi connectivity index (χ0n) is 21.0. The highest BCUT2D eigenvalue weighted by Gasteiger charge is 2.20. The molecule has 0 saturated carbocycles. The number of rotatable bonds is 9. The monoisotopic (exact) mass is 503 g/mol. The van der Waals surface area contributed by atoms with Gasteiger partial charge in [0, 0.05) is 29.3 Å². The third-order valence-electron chi connectivity index (χ3n) is 4.74. The Morgan fingerprint density at radius 2 is 1.71 bits per heavy atom. The molecule has 0 bridgehead atoms. The van der Waals surface area contributed by atoms with Gasteiger partial charge in [0.25, 0.3) is 5.89 Å². The summed E-state index contributed by atoms with van der Waals surface area (Å²) in [6.07, 6.45) is -0.0682. The smallest absolute Gasteiger partial charge is 0.304 e. The van der Waals surface area contributed by atoms with Gasteiger partial charge in [-0.15, -0.1) is 0 Å². The molecule has 3 aromatic rings. The van der Waals surface area contributed by atoms with E-state index in [2.05, 4.69) is 15.5 Å². The van der Waals surface area contributed by atoms with Crippen LogP contribution < -0.4 is 10.1 Å². The molecule has 0 spiro atoms. The zero-order chi connectivity index (χ0) is 26.2. The van der Waals surface area contributed by atoms with Crippen molar-refractivity contribution in [3.8, 4) is 28.6 Å². The highest BCUT2D eigenvalue weighted by molar-refractivity contribution is 6.32. The third kappa shape index (κ3) is 8.98. The second kappa shape index (κ2) is 12.7. The third-order valence-corrected chi connectivity index (χ3v) is 5.03. The maximum absolute atomic E-state index is 10.7. The summed E-state index contributed by atoms with van der Waals surface area (Å²) >= 11 is 6.31. The molecular weight excluding hydrogens is 470 g/mol. The minimum atomic E-state index is -0.825. The maximum atomic E-state index is 10.7. The number of hydrogen-bond acceptors (Lipinski definition) is 7. The van der Waals surface area contributed by atoms with E-state index in [0.29, 0.717) is 29.0 Å². The van der Waals surface area contributed by atoms with E-state index in [0.717, 1.165) is 16.7 Å². The van der Waals surface area contributed by atoms with Crippen molar-refractivity contribution in [3.05, 3.63) is 53.1 Å². The van der Waals surface area contributed by atoms with Crippen molar-refractivity contribution in [2.45, 2.75) is 65.7 Å². The lowest BCUT2D eigenvalue weighted by Crippen LogP contribution is -2.37. The largest absolute Gasteiger partial charge is 0.489 e. The van der Waals surface area contributed by atoms with E-state index in [1.807, 2.05) is 58.0 Å². The van der Waals surface area contributed by atoms with Crippen LogP contribution in [0.25, 0.3) is 22.8 Å². The first-order chi connectivity index (χ1) is 16.4. The van der Waals surface area contributed by atoms with E-state index in [-0.39, 0.29) is 24.2 Å². The SMILES string of the molecule is CC(C)O.CC(C)Oc1ccc(-c2noc(-c3ccc(C(C)(C)NCCC(=O)O)cc3)n2)cc1Cl. The number of halogens is 1. The van der Waals surface area contributed by atoms with Crippen LogP contribution in [0.1, 0.15) is 53.5 Å². The van der Waals surface area contributed by atoms with Gasteiger partial charge in [-0.1, -0.05) is 28.9 Å². The second-order valence-corrected chi connectivity index (χ2v) is 9.51. The highest BCUT2D eigenvalue weighted by Crippen LogP contribution is 2.31. The number of nitrogens with one attached hydrogen (secondary N) is 1. The van der Waals surface area contributed by atoms with E-state index in [4.69, 9.17) is 31.1 Å². The van der Waals surface area contributed by atoms with Crippen LogP contribution >= 0.6 is 11.6 Å². The van der Waals surface area contributed by atoms with E-state index < -0.39 is 5.97 Å². The lowest BCUT2D eigenvalue weighted by atomic mass is 9.93. The van der Waals surface area contributed by atoms with Gasteiger partial charge >= 0.3 is 5.97 Å². The quantitative estimate of drug-likeness (QED) is 0.349. The number of carboxylic acid groups (broad SMARTS) is 1. The van der Waals surface area contributed by atoms with Gasteiger partial charge in [0.1, 0.15) is 5.75 Å². The predicted octanol–water partition coefficient (Wildman–Crippen LogP) is 5.53. The van der Waals surface area contributed by atoms with Crippen molar-refractivity contribution >= 4 is 17.6 Å². The molecule has 0 fully saturated rings. The maximum Gasteiger partial charge on any atom is 0.304 e. The average molecular weight is 504 g/mol. The first-order valence-electron chi connectivity index (χ1n) is 11.4. The van der Waals surface area contributed by atoms with Crippen LogP contribution in [0, 0.1) is 0 Å². The molecule has 0 radical (unpaired) electrons. The Hall–Kier alpha value is -2.94. The van der Waals surface area contributed by atoms with Gasteiger partial charge in [0.15, 0.2) is 0 Å². The van der Waals surface area contributed by atoms with Gasteiger partial charge in [-0.2, -0.15) is 4.98 Å². The molecule has 0 aliphatic heterocycles. The van der Waals surface area contributed by atoms with Crippen LogP contribution in [0.4, 0.5) is 0 Å². The predicted molar refractivity (Wildman–Crippen MR) is 137 cm³/mol. The summed E-state index contributed by atoms with van der Waals surface area (Å²) in [5.41, 5.74) is 2.17. The fourth-order valence-electron chi connectivity index (χ4n) is 3.06. The van der Waals surface area contributed by atoms with Crippen molar-refractivity contribution in [1.82, 2.24) is 15.5 Å². The number of carboxylic acids is 1. The van der Waals surface area contributed by atoms with Crippen LogP contribution in [0.3, 0.4) is 0 Å². The Labute approximate surface area is 211 Å². The Morgan fingerprint density at radius 3 is 2.26 bits per heavy atom. The molecule has 1 heterocycles. The van der Waals surface area contributed by atoms with Gasteiger partial charge in [-0.05, 0) is 77.4 Å². The number of carbonyl (C=O) groups is 1. The molecule has 0 atom stereocenters. The molecule has 3 N–H and O–H groups in total. The lowest BCUT2D eigenvalue weighted by molar-refractivity contribution is -0.136. The average Bonchev–Trinajstić information content (AvgIpc) is 3.24. The first-order valence-corrected chi connectivity index (χ1v) is 11.8. The van der Waals surface area contributed by atoms with Gasteiger partial charge < -0.3 is 24.8 Å². The molecule has 9 heteroatoms. The molecule has 0 unspecified atom stereocenters. The summed E-state index contributed by atoms with van der Waals surface area (Å²) in [4.78, 5) is 15.2. The van der Waals surface area contributed by atoms with Gasteiger partial charge in [0.2, 0.25) is 5.82 Å². The van der Waals surface area contributed by atoms with E-state index in [9.17, 15) is 4.79 Å². The summed E-state index contributed by atoms with van der Waals surface area (Å²) in [6, 6.07) is 13.1. The molecule has 2 aromatic carbocycles. The van der Waals surface area contributed by atoms with Crippen molar-refractivity contribution in [2.75, 3.05) is 6.54 Å². The minimum absolute atomic E-state index is 0.0282. The molecule has 190 valence electrons. The molecule has 8 nitrogen and oxygen atoms in total. The molecular formula is C26H34ClN3O5. The molecule has 35 heavy (non-hydrogen) atoms. The number of aliphatic carboxylic acids is 1. The van der Waals surface area contributed by atoms with E-state index in [1.54, 1.807) is 26.0 Å². The zero-order valence-corrected chi connectivity index (χ0v) is 21.8. The van der Waals surface area contributed by atoms with Crippen molar-refractivity contribution in [2.24, 2.45) is 0 Å². The fraction of sp³-hybridized carbons (Fsp3) is 0.423. The van der Waals surface area contributed by atoms with Gasteiger partial charge in [-0.25, -0.2) is 0 Å². The van der Waals surface area contributed by atoms with E-state index in [1.165, 1.54) is 0 Å². The summed E-state index contributed by atoms with van der Waals surface area (Å²) in [6.45, 7) is 11.7. The second-order valence-electron chi connectivity index (χ2n) is 9.10. The summed E-state index contributed by atoms with van der Waals surface area (Å²) < 4.78 is 11.1. The Bertz CT molecular complexity index is 1090. The summed E-state index contributed by atoms with van der Waals surface area (Å²) in [7, 11) is 0. The number of aliphatic hydroxyl groups excluding tert-OH is 1. The van der Waals surface area contributed by atoms with Crippen LogP contribution in [-0.4, -0.2) is 45.1 Å². The molecule has 1 aromatic heterocycles. The summed E-state index contributed by atoms with van der Waals surface area (Å²) in [5.74, 6) is 0.623. The normalized spacial score (nSPS) is 11.4. The van der Waals surface area contributed by atoms with Crippen LogP contribution in [0.2, 0.25) is 5.02 Å². The Morgan fingerprint density at radius 1 is 1.11 bits per heavy atom. The van der Waals surface area contributed by atoms with Crippen molar-refractivity contribution in [1.29, 1.82) is 0 Å². The fourth-order valence-corrected chi connectivity index (χ4v) is 3.29.